The second-order valence-corrected chi connectivity index (χ2v) is 12.1. The molecule has 0 spiro atoms. The van der Waals surface area contributed by atoms with Crippen LogP contribution in [0.4, 0.5) is 5.69 Å². The number of carbonyl (C=O) groups excluding carboxylic acids is 2. The van der Waals surface area contributed by atoms with Crippen molar-refractivity contribution in [1.29, 1.82) is 0 Å². The number of nitrogens with one attached hydrogen (secondary N) is 1. The van der Waals surface area contributed by atoms with E-state index in [-0.39, 0.29) is 54.3 Å². The lowest BCUT2D eigenvalue weighted by Crippen LogP contribution is -2.50. The van der Waals surface area contributed by atoms with Crippen molar-refractivity contribution in [2.45, 2.75) is 37.4 Å². The Kier molecular flexibility index (Phi) is 9.03. The molecule has 2 N–H and O–H groups in total. The number of anilines is 1. The number of fused-ring (bicyclic) bond motifs is 1. The lowest BCUT2D eigenvalue weighted by Gasteiger charge is -2.38. The van der Waals surface area contributed by atoms with Crippen LogP contribution in [0.3, 0.4) is 0 Å². The highest BCUT2D eigenvalue weighted by atomic mass is 35.5. The van der Waals surface area contributed by atoms with E-state index < -0.39 is 28.1 Å². The molecule has 4 rings (SSSR count). The molecule has 0 radical (unpaired) electrons. The largest absolute Gasteiger partial charge is 0.488 e. The smallest absolute Gasteiger partial charge is 0.258 e. The highest BCUT2D eigenvalue weighted by molar-refractivity contribution is 7.89. The normalized spacial score (nSPS) is 18.4. The summed E-state index contributed by atoms with van der Waals surface area (Å²) in [6, 6.07) is 10.00. The lowest BCUT2D eigenvalue weighted by atomic mass is 9.99. The maximum absolute atomic E-state index is 13.6. The third-order valence-electron chi connectivity index (χ3n) is 6.60. The first kappa shape index (κ1) is 29.4. The topological polar surface area (TPSA) is 160 Å². The van der Waals surface area contributed by atoms with Crippen molar-refractivity contribution in [3.63, 3.8) is 0 Å². The number of hydrogen-bond donors (Lipinski definition) is 2. The van der Waals surface area contributed by atoms with E-state index in [0.717, 1.165) is 0 Å². The van der Waals surface area contributed by atoms with Crippen LogP contribution >= 0.6 is 11.6 Å². The van der Waals surface area contributed by atoms with Crippen LogP contribution in [0.15, 0.2) is 53.7 Å². The Labute approximate surface area is 236 Å². The predicted octanol–water partition coefficient (Wildman–Crippen LogP) is 1.51. The van der Waals surface area contributed by atoms with Crippen molar-refractivity contribution in [1.82, 2.24) is 29.4 Å². The summed E-state index contributed by atoms with van der Waals surface area (Å²) in [5.74, 6) is -0.870. The van der Waals surface area contributed by atoms with Gasteiger partial charge in [0.2, 0.25) is 15.9 Å². The van der Waals surface area contributed by atoms with Crippen LogP contribution in [0.2, 0.25) is 5.02 Å². The van der Waals surface area contributed by atoms with Gasteiger partial charge in [0.1, 0.15) is 24.7 Å². The van der Waals surface area contributed by atoms with E-state index in [1.165, 1.54) is 57.6 Å². The quantitative estimate of drug-likeness (QED) is 0.376. The van der Waals surface area contributed by atoms with Gasteiger partial charge < -0.3 is 20.1 Å². The summed E-state index contributed by atoms with van der Waals surface area (Å²) in [6.45, 7) is 3.37. The van der Waals surface area contributed by atoms with Crippen LogP contribution in [0.5, 0.6) is 5.75 Å². The Hall–Kier alpha value is -3.59. The summed E-state index contributed by atoms with van der Waals surface area (Å²) in [6.07, 6.45) is 0.657. The molecular weight excluding hydrogens is 562 g/mol. The number of tetrazole rings is 1. The number of likely N-dealkylation sites (N-methyl/N-ethyl adjacent to an activating group) is 1. The van der Waals surface area contributed by atoms with Crippen molar-refractivity contribution < 1.29 is 27.9 Å². The van der Waals surface area contributed by atoms with Gasteiger partial charge in [0.25, 0.3) is 5.91 Å². The van der Waals surface area contributed by atoms with Gasteiger partial charge in [0, 0.05) is 30.2 Å². The minimum Gasteiger partial charge on any atom is -0.488 e. The first-order valence-electron chi connectivity index (χ1n) is 12.4. The van der Waals surface area contributed by atoms with E-state index in [2.05, 4.69) is 20.8 Å². The third-order valence-corrected chi connectivity index (χ3v) is 8.69. The number of hydrogen-bond acceptors (Lipinski definition) is 9. The number of halogens is 1. The second kappa shape index (κ2) is 12.3. The Morgan fingerprint density at radius 3 is 2.65 bits per heavy atom. The zero-order chi connectivity index (χ0) is 29.0. The molecule has 0 bridgehead atoms. The number of aliphatic hydroxyl groups excluding tert-OH is 1. The molecule has 1 aliphatic heterocycles. The van der Waals surface area contributed by atoms with Crippen LogP contribution in [-0.4, -0.2) is 93.6 Å². The van der Waals surface area contributed by atoms with Crippen molar-refractivity contribution in [2.24, 2.45) is 5.92 Å². The fraction of sp³-hybridized carbons (Fsp3) is 0.400. The number of carbonyl (C=O) groups is 2. The average Bonchev–Trinajstić information content (AvgIpc) is 3.43. The average molecular weight is 592 g/mol. The molecule has 2 aromatic carbocycles. The van der Waals surface area contributed by atoms with Crippen LogP contribution in [0, 0.1) is 5.92 Å². The van der Waals surface area contributed by atoms with Crippen molar-refractivity contribution >= 4 is 39.1 Å². The fourth-order valence-electron chi connectivity index (χ4n) is 4.26. The van der Waals surface area contributed by atoms with E-state index in [0.29, 0.717) is 10.7 Å². The Bertz CT molecular complexity index is 1450. The Balaban J connectivity index is 1.62. The number of sulfonamides is 1. The molecule has 0 aliphatic carbocycles. The van der Waals surface area contributed by atoms with Gasteiger partial charge in [-0.05, 0) is 59.8 Å². The molecule has 214 valence electrons. The summed E-state index contributed by atoms with van der Waals surface area (Å²) in [5, 5.41) is 23.6. The highest BCUT2D eigenvalue weighted by Gasteiger charge is 2.35. The third kappa shape index (κ3) is 6.58. The molecule has 2 heterocycles. The molecule has 40 heavy (non-hydrogen) atoms. The number of ether oxygens (including phenoxy) is 1. The van der Waals surface area contributed by atoms with Crippen LogP contribution in [0.1, 0.15) is 24.2 Å². The number of aromatic nitrogens is 4. The van der Waals surface area contributed by atoms with Gasteiger partial charge in [-0.3, -0.25) is 9.59 Å². The zero-order valence-electron chi connectivity index (χ0n) is 22.1. The Morgan fingerprint density at radius 1 is 1.27 bits per heavy atom. The van der Waals surface area contributed by atoms with Crippen molar-refractivity contribution in [3.8, 4) is 5.75 Å². The number of aliphatic hydroxyl groups is 1. The minimum atomic E-state index is -3.85. The molecule has 3 aromatic rings. The lowest BCUT2D eigenvalue weighted by molar-refractivity contribution is -0.116. The highest BCUT2D eigenvalue weighted by Crippen LogP contribution is 2.31. The molecule has 0 saturated heterocycles. The SMILES string of the molecule is C[C@@H]1CN([C@H](C)CO)C(=O)c2cc(NC(=O)Cn3cnnn3)ccc2O[C@@H]1CN(C)S(=O)(=O)c1ccc(Cl)cc1. The maximum Gasteiger partial charge on any atom is 0.258 e. The summed E-state index contributed by atoms with van der Waals surface area (Å²) in [4.78, 5) is 27.7. The summed E-state index contributed by atoms with van der Waals surface area (Å²) in [5.41, 5.74) is 0.513. The second-order valence-electron chi connectivity index (χ2n) is 9.63. The molecule has 2 amide bonds. The van der Waals surface area contributed by atoms with Gasteiger partial charge in [-0.25, -0.2) is 13.1 Å². The van der Waals surface area contributed by atoms with Gasteiger partial charge in [-0.1, -0.05) is 18.5 Å². The summed E-state index contributed by atoms with van der Waals surface area (Å²) >= 11 is 5.92. The monoisotopic (exact) mass is 591 g/mol. The first-order valence-corrected chi connectivity index (χ1v) is 14.3. The molecule has 1 aliphatic rings. The number of rotatable bonds is 9. The van der Waals surface area contributed by atoms with E-state index in [1.807, 2.05) is 6.92 Å². The molecule has 0 saturated carbocycles. The van der Waals surface area contributed by atoms with Crippen LogP contribution < -0.4 is 10.1 Å². The van der Waals surface area contributed by atoms with Crippen molar-refractivity contribution in [2.75, 3.05) is 32.1 Å². The van der Waals surface area contributed by atoms with Crippen LogP contribution in [0.25, 0.3) is 0 Å². The van der Waals surface area contributed by atoms with E-state index >= 15 is 0 Å². The van der Waals surface area contributed by atoms with E-state index in [9.17, 15) is 23.1 Å². The van der Waals surface area contributed by atoms with E-state index in [4.69, 9.17) is 16.3 Å². The van der Waals surface area contributed by atoms with Crippen molar-refractivity contribution in [3.05, 3.63) is 59.4 Å². The summed E-state index contributed by atoms with van der Waals surface area (Å²) in [7, 11) is -2.39. The molecule has 15 heteroatoms. The molecule has 0 fully saturated rings. The minimum absolute atomic E-state index is 0.00840. The Morgan fingerprint density at radius 2 is 2.00 bits per heavy atom. The predicted molar refractivity (Wildman–Crippen MR) is 145 cm³/mol. The first-order chi connectivity index (χ1) is 19.0. The molecule has 3 atom stereocenters. The molecule has 1 aromatic heterocycles. The number of nitrogens with zero attached hydrogens (tertiary/aromatic N) is 6. The van der Waals surface area contributed by atoms with Gasteiger partial charge in [-0.2, -0.15) is 4.31 Å². The fourth-order valence-corrected chi connectivity index (χ4v) is 5.57. The maximum atomic E-state index is 13.6. The number of amides is 2. The summed E-state index contributed by atoms with van der Waals surface area (Å²) < 4.78 is 35.2. The standard InChI is InChI=1S/C25H30ClN7O6S/c1-16-11-33(17(2)14-34)25(36)21-10-19(28-24(35)13-32-15-27-29-30-32)6-9-22(21)39-23(16)12-31(3)40(37,38)20-7-4-18(26)5-8-20/h4-10,15-17,23,34H,11-14H2,1-3H3,(H,28,35)/t16-,17-,23-/m1/s1. The molecule has 13 nitrogen and oxygen atoms in total. The number of benzene rings is 2. The molecular formula is C25H30ClN7O6S. The van der Waals surface area contributed by atoms with Gasteiger partial charge in [-0.15, -0.1) is 5.10 Å². The van der Waals surface area contributed by atoms with Gasteiger partial charge in [0.15, 0.2) is 0 Å². The van der Waals surface area contributed by atoms with E-state index in [1.54, 1.807) is 19.1 Å². The molecule has 0 unspecified atom stereocenters. The van der Waals surface area contributed by atoms with Gasteiger partial charge >= 0.3 is 0 Å². The van der Waals surface area contributed by atoms with Gasteiger partial charge in [0.05, 0.1) is 29.7 Å². The van der Waals surface area contributed by atoms with Crippen LogP contribution in [-0.2, 0) is 21.4 Å². The zero-order valence-corrected chi connectivity index (χ0v) is 23.7.